The van der Waals surface area contributed by atoms with Crippen molar-refractivity contribution in [3.8, 4) is 5.75 Å². The van der Waals surface area contributed by atoms with Gasteiger partial charge in [-0.25, -0.2) is 0 Å². The van der Waals surface area contributed by atoms with E-state index in [0.717, 1.165) is 41.7 Å². The maximum atomic E-state index is 12.8. The number of hydrogen-bond donors (Lipinski definition) is 0. The van der Waals surface area contributed by atoms with Crippen LogP contribution in [0.5, 0.6) is 5.75 Å². The van der Waals surface area contributed by atoms with Crippen molar-refractivity contribution in [2.45, 2.75) is 45.6 Å². The SMILES string of the molecule is Cc1cccc(C)c1OC1CN(C(=O)c2nn(C)c3c2CCCC3)C1. The van der Waals surface area contributed by atoms with Crippen molar-refractivity contribution in [3.05, 3.63) is 46.3 Å². The van der Waals surface area contributed by atoms with E-state index < -0.39 is 0 Å². The second-order valence-corrected chi connectivity index (χ2v) is 7.28. The van der Waals surface area contributed by atoms with Crippen LogP contribution in [0.15, 0.2) is 18.2 Å². The Morgan fingerprint density at radius 3 is 2.56 bits per heavy atom. The molecule has 2 aliphatic rings. The van der Waals surface area contributed by atoms with E-state index in [4.69, 9.17) is 4.74 Å². The maximum Gasteiger partial charge on any atom is 0.274 e. The Morgan fingerprint density at radius 2 is 1.84 bits per heavy atom. The Morgan fingerprint density at radius 1 is 1.16 bits per heavy atom. The number of para-hydroxylation sites is 1. The third kappa shape index (κ3) is 2.81. The summed E-state index contributed by atoms with van der Waals surface area (Å²) in [7, 11) is 1.95. The Bertz CT molecular complexity index is 798. The normalized spacial score (nSPS) is 17.2. The van der Waals surface area contributed by atoms with Crippen molar-refractivity contribution in [1.82, 2.24) is 14.7 Å². The molecule has 2 aromatic rings. The fraction of sp³-hybridized carbons (Fsp3) is 0.500. The summed E-state index contributed by atoms with van der Waals surface area (Å²) in [4.78, 5) is 14.7. The van der Waals surface area contributed by atoms with Gasteiger partial charge in [0.15, 0.2) is 5.69 Å². The van der Waals surface area contributed by atoms with Gasteiger partial charge < -0.3 is 9.64 Å². The fourth-order valence-electron chi connectivity index (χ4n) is 3.92. The van der Waals surface area contributed by atoms with Crippen LogP contribution in [0.2, 0.25) is 0 Å². The number of carbonyl (C=O) groups excluding carboxylic acids is 1. The number of aromatic nitrogens is 2. The van der Waals surface area contributed by atoms with E-state index in [-0.39, 0.29) is 12.0 Å². The van der Waals surface area contributed by atoms with E-state index in [0.29, 0.717) is 18.8 Å². The van der Waals surface area contributed by atoms with Crippen molar-refractivity contribution in [3.63, 3.8) is 0 Å². The molecule has 0 unspecified atom stereocenters. The average Bonchev–Trinajstić information content (AvgIpc) is 2.90. The molecule has 5 nitrogen and oxygen atoms in total. The van der Waals surface area contributed by atoms with Crippen LogP contribution in [0, 0.1) is 13.8 Å². The lowest BCUT2D eigenvalue weighted by Gasteiger charge is -2.39. The highest BCUT2D eigenvalue weighted by Crippen LogP contribution is 2.28. The monoisotopic (exact) mass is 339 g/mol. The first kappa shape index (κ1) is 16.2. The van der Waals surface area contributed by atoms with Crippen LogP contribution in [0.25, 0.3) is 0 Å². The molecular weight excluding hydrogens is 314 g/mol. The summed E-state index contributed by atoms with van der Waals surface area (Å²) in [5.74, 6) is 1.01. The first-order valence-electron chi connectivity index (χ1n) is 9.11. The Kier molecular flexibility index (Phi) is 4.02. The molecule has 1 saturated heterocycles. The minimum Gasteiger partial charge on any atom is -0.486 e. The molecule has 0 N–H and O–H groups in total. The molecule has 25 heavy (non-hydrogen) atoms. The van der Waals surface area contributed by atoms with Gasteiger partial charge in [0.05, 0.1) is 13.1 Å². The summed E-state index contributed by atoms with van der Waals surface area (Å²) < 4.78 is 8.02. The van der Waals surface area contributed by atoms with E-state index >= 15 is 0 Å². The zero-order valence-corrected chi connectivity index (χ0v) is 15.2. The topological polar surface area (TPSA) is 47.4 Å². The number of aryl methyl sites for hydroxylation is 3. The number of likely N-dealkylation sites (tertiary alicyclic amines) is 1. The van der Waals surface area contributed by atoms with Gasteiger partial charge in [-0.15, -0.1) is 0 Å². The first-order valence-corrected chi connectivity index (χ1v) is 9.11. The molecule has 1 aliphatic carbocycles. The number of amides is 1. The molecule has 5 heteroatoms. The second kappa shape index (κ2) is 6.21. The molecule has 0 radical (unpaired) electrons. The van der Waals surface area contributed by atoms with Gasteiger partial charge in [0.25, 0.3) is 5.91 Å². The molecular formula is C20H25N3O2. The van der Waals surface area contributed by atoms with Gasteiger partial charge in [0.1, 0.15) is 11.9 Å². The molecule has 1 aliphatic heterocycles. The molecule has 1 aromatic heterocycles. The van der Waals surface area contributed by atoms with Crippen molar-refractivity contribution in [2.24, 2.45) is 7.05 Å². The molecule has 4 rings (SSSR count). The van der Waals surface area contributed by atoms with Gasteiger partial charge in [-0.1, -0.05) is 18.2 Å². The van der Waals surface area contributed by atoms with Crippen LogP contribution in [0.3, 0.4) is 0 Å². The summed E-state index contributed by atoms with van der Waals surface area (Å²) in [6.45, 7) is 5.39. The Labute approximate surface area is 148 Å². The molecule has 0 saturated carbocycles. The van der Waals surface area contributed by atoms with E-state index in [9.17, 15) is 4.79 Å². The molecule has 1 fully saturated rings. The summed E-state index contributed by atoms with van der Waals surface area (Å²) in [6, 6.07) is 6.16. The van der Waals surface area contributed by atoms with Crippen LogP contribution in [0.4, 0.5) is 0 Å². The predicted octanol–water partition coefficient (Wildman–Crippen LogP) is 2.82. The number of benzene rings is 1. The van der Waals surface area contributed by atoms with Gasteiger partial charge in [-0.2, -0.15) is 5.10 Å². The zero-order valence-electron chi connectivity index (χ0n) is 15.2. The number of rotatable bonds is 3. The zero-order chi connectivity index (χ0) is 17.6. The van der Waals surface area contributed by atoms with Gasteiger partial charge in [-0.05, 0) is 50.7 Å². The standard InChI is InChI=1S/C20H25N3O2/c1-13-7-6-8-14(2)19(13)25-15-11-23(12-15)20(24)18-16-9-4-5-10-17(16)22(3)21-18/h6-8,15H,4-5,9-12H2,1-3H3. The fourth-order valence-corrected chi connectivity index (χ4v) is 3.92. The third-order valence-electron chi connectivity index (χ3n) is 5.40. The maximum absolute atomic E-state index is 12.8. The number of ether oxygens (including phenoxy) is 1. The molecule has 132 valence electrons. The number of nitrogens with zero attached hydrogens (tertiary/aromatic N) is 3. The summed E-state index contributed by atoms with van der Waals surface area (Å²) in [6.07, 6.45) is 4.42. The van der Waals surface area contributed by atoms with Crippen molar-refractivity contribution >= 4 is 5.91 Å². The molecule has 1 amide bonds. The highest BCUT2D eigenvalue weighted by molar-refractivity contribution is 5.94. The molecule has 0 atom stereocenters. The lowest BCUT2D eigenvalue weighted by Crippen LogP contribution is -2.56. The lowest BCUT2D eigenvalue weighted by atomic mass is 9.95. The lowest BCUT2D eigenvalue weighted by molar-refractivity contribution is 0.0167. The van der Waals surface area contributed by atoms with Crippen molar-refractivity contribution in [1.29, 1.82) is 0 Å². The number of fused-ring (bicyclic) bond motifs is 1. The summed E-state index contributed by atoms with van der Waals surface area (Å²) in [5.41, 5.74) is 5.34. The highest BCUT2D eigenvalue weighted by atomic mass is 16.5. The summed E-state index contributed by atoms with van der Waals surface area (Å²) >= 11 is 0. The molecule has 0 bridgehead atoms. The smallest absolute Gasteiger partial charge is 0.274 e. The predicted molar refractivity (Wildman–Crippen MR) is 96.1 cm³/mol. The van der Waals surface area contributed by atoms with Gasteiger partial charge in [0.2, 0.25) is 0 Å². The third-order valence-corrected chi connectivity index (χ3v) is 5.40. The second-order valence-electron chi connectivity index (χ2n) is 7.28. The van der Waals surface area contributed by atoms with Gasteiger partial charge in [0, 0.05) is 18.3 Å². The van der Waals surface area contributed by atoms with Crippen LogP contribution in [-0.2, 0) is 19.9 Å². The minimum absolute atomic E-state index is 0.0557. The molecule has 1 aromatic carbocycles. The van der Waals surface area contributed by atoms with Gasteiger partial charge in [-0.3, -0.25) is 9.48 Å². The van der Waals surface area contributed by atoms with E-state index in [2.05, 4.69) is 31.1 Å². The van der Waals surface area contributed by atoms with Gasteiger partial charge >= 0.3 is 0 Å². The van der Waals surface area contributed by atoms with E-state index in [1.807, 2.05) is 22.7 Å². The molecule has 2 heterocycles. The van der Waals surface area contributed by atoms with Crippen molar-refractivity contribution in [2.75, 3.05) is 13.1 Å². The van der Waals surface area contributed by atoms with Crippen LogP contribution < -0.4 is 4.74 Å². The number of hydrogen-bond acceptors (Lipinski definition) is 3. The molecule has 0 spiro atoms. The van der Waals surface area contributed by atoms with Crippen LogP contribution in [-0.4, -0.2) is 39.8 Å². The van der Waals surface area contributed by atoms with Crippen LogP contribution in [0.1, 0.15) is 45.7 Å². The average molecular weight is 339 g/mol. The first-order chi connectivity index (χ1) is 12.0. The minimum atomic E-state index is 0.0557. The Hall–Kier alpha value is -2.30. The van der Waals surface area contributed by atoms with Crippen molar-refractivity contribution < 1.29 is 9.53 Å². The number of carbonyl (C=O) groups is 1. The quantitative estimate of drug-likeness (QED) is 0.864. The Balaban J connectivity index is 1.43. The largest absolute Gasteiger partial charge is 0.486 e. The van der Waals surface area contributed by atoms with E-state index in [1.165, 1.54) is 12.1 Å². The summed E-state index contributed by atoms with van der Waals surface area (Å²) in [5, 5.41) is 4.52. The van der Waals surface area contributed by atoms with E-state index in [1.54, 1.807) is 0 Å². The van der Waals surface area contributed by atoms with Crippen LogP contribution >= 0.6 is 0 Å². The highest BCUT2D eigenvalue weighted by Gasteiger charge is 2.36.